The van der Waals surface area contributed by atoms with Gasteiger partial charge >= 0.3 is 5.97 Å². The molecule has 0 aliphatic rings. The lowest BCUT2D eigenvalue weighted by Crippen LogP contribution is -2.07. The Kier molecular flexibility index (Phi) is 4.09. The number of esters is 1. The van der Waals surface area contributed by atoms with Gasteiger partial charge in [0.1, 0.15) is 17.6 Å². The Morgan fingerprint density at radius 1 is 1.35 bits per heavy atom. The van der Waals surface area contributed by atoms with Crippen LogP contribution in [0.3, 0.4) is 0 Å². The zero-order chi connectivity index (χ0) is 16.2. The molecule has 2 heterocycles. The van der Waals surface area contributed by atoms with Gasteiger partial charge in [-0.1, -0.05) is 6.07 Å². The molecule has 7 nitrogen and oxygen atoms in total. The van der Waals surface area contributed by atoms with Gasteiger partial charge in [0.15, 0.2) is 5.82 Å². The van der Waals surface area contributed by atoms with E-state index in [0.717, 1.165) is 11.4 Å². The smallest absolute Gasteiger partial charge is 0.340 e. The summed E-state index contributed by atoms with van der Waals surface area (Å²) < 4.78 is 11.9. The summed E-state index contributed by atoms with van der Waals surface area (Å²) in [5.41, 5.74) is 1.77. The minimum Gasteiger partial charge on any atom is -0.497 e. The summed E-state index contributed by atoms with van der Waals surface area (Å²) in [5.74, 6) is 0.834. The molecule has 0 unspecified atom stereocenters. The van der Waals surface area contributed by atoms with E-state index < -0.39 is 5.97 Å². The van der Waals surface area contributed by atoms with E-state index in [-0.39, 0.29) is 0 Å². The molecule has 0 saturated carbocycles. The van der Waals surface area contributed by atoms with Crippen molar-refractivity contribution in [3.8, 4) is 5.75 Å². The number of benzene rings is 1. The van der Waals surface area contributed by atoms with Gasteiger partial charge in [0, 0.05) is 18.0 Å². The van der Waals surface area contributed by atoms with Crippen LogP contribution in [0.2, 0.25) is 0 Å². The highest BCUT2D eigenvalue weighted by Gasteiger charge is 2.17. The minimum atomic E-state index is -0.404. The number of methoxy groups -OCH3 is 1. The number of nitrogens with zero attached hydrogens (tertiary/aromatic N) is 3. The molecule has 0 spiro atoms. The number of hydrogen-bond acceptors (Lipinski definition) is 6. The fourth-order valence-corrected chi connectivity index (χ4v) is 2.26. The topological polar surface area (TPSA) is 77.8 Å². The van der Waals surface area contributed by atoms with E-state index in [4.69, 9.17) is 9.47 Å². The van der Waals surface area contributed by atoms with Crippen LogP contribution >= 0.6 is 0 Å². The summed E-state index contributed by atoms with van der Waals surface area (Å²) in [7, 11) is 1.61. The molecule has 7 heteroatoms. The van der Waals surface area contributed by atoms with Crippen LogP contribution < -0.4 is 10.1 Å². The number of carbonyl (C=O) groups excluding carboxylic acids is 1. The predicted molar refractivity (Wildman–Crippen MR) is 85.2 cm³/mol. The number of ether oxygens (including phenoxy) is 2. The molecular weight excluding hydrogens is 296 g/mol. The van der Waals surface area contributed by atoms with Crippen molar-refractivity contribution in [3.05, 3.63) is 48.4 Å². The second kappa shape index (κ2) is 6.35. The fraction of sp³-hybridized carbons (Fsp3) is 0.188. The highest BCUT2D eigenvalue weighted by atomic mass is 16.5. The fourth-order valence-electron chi connectivity index (χ4n) is 2.26. The van der Waals surface area contributed by atoms with Crippen molar-refractivity contribution in [2.75, 3.05) is 19.0 Å². The van der Waals surface area contributed by atoms with E-state index in [1.165, 1.54) is 6.33 Å². The Labute approximate surface area is 132 Å². The largest absolute Gasteiger partial charge is 0.497 e. The Bertz CT molecular complexity index is 844. The number of anilines is 2. The number of fused-ring (bicyclic) bond motifs is 1. The predicted octanol–water partition coefficient (Wildman–Crippen LogP) is 2.66. The lowest BCUT2D eigenvalue weighted by molar-refractivity contribution is 0.0529. The average Bonchev–Trinajstić information content (AvgIpc) is 3.00. The van der Waals surface area contributed by atoms with Crippen molar-refractivity contribution >= 4 is 23.0 Å². The first-order valence-corrected chi connectivity index (χ1v) is 7.13. The molecule has 0 aliphatic carbocycles. The molecule has 3 aromatic rings. The number of hydrogen-bond donors (Lipinski definition) is 1. The lowest BCUT2D eigenvalue weighted by Gasteiger charge is -2.09. The van der Waals surface area contributed by atoms with Crippen molar-refractivity contribution in [1.82, 2.24) is 14.6 Å². The normalized spacial score (nSPS) is 10.5. The standard InChI is InChI=1S/C16H16N4O3/c1-3-23-16(21)13-7-8-20-14(13)15(17-10-18-20)19-11-5-4-6-12(9-11)22-2/h4-10H,3H2,1-2H3,(H,17,18,19). The molecule has 0 radical (unpaired) electrons. The summed E-state index contributed by atoms with van der Waals surface area (Å²) in [4.78, 5) is 16.3. The summed E-state index contributed by atoms with van der Waals surface area (Å²) in [6, 6.07) is 9.10. The van der Waals surface area contributed by atoms with Crippen LogP contribution in [0.15, 0.2) is 42.9 Å². The maximum Gasteiger partial charge on any atom is 0.340 e. The average molecular weight is 312 g/mol. The van der Waals surface area contributed by atoms with E-state index in [1.54, 1.807) is 30.8 Å². The third-order valence-corrected chi connectivity index (χ3v) is 3.28. The first-order valence-electron chi connectivity index (χ1n) is 7.13. The summed E-state index contributed by atoms with van der Waals surface area (Å²) in [6.07, 6.45) is 3.12. The Morgan fingerprint density at radius 3 is 3.00 bits per heavy atom. The molecule has 3 rings (SSSR count). The van der Waals surface area contributed by atoms with Crippen LogP contribution in [0, 0.1) is 0 Å². The Morgan fingerprint density at radius 2 is 2.22 bits per heavy atom. The number of rotatable bonds is 5. The third-order valence-electron chi connectivity index (χ3n) is 3.28. The van der Waals surface area contributed by atoms with Crippen LogP contribution in [-0.4, -0.2) is 34.3 Å². The number of nitrogens with one attached hydrogen (secondary N) is 1. The van der Waals surface area contributed by atoms with Crippen LogP contribution in [0.5, 0.6) is 5.75 Å². The van der Waals surface area contributed by atoms with E-state index in [0.29, 0.717) is 23.5 Å². The van der Waals surface area contributed by atoms with Crippen molar-refractivity contribution in [3.63, 3.8) is 0 Å². The van der Waals surface area contributed by atoms with Crippen molar-refractivity contribution in [1.29, 1.82) is 0 Å². The quantitative estimate of drug-likeness (QED) is 0.730. The van der Waals surface area contributed by atoms with Crippen molar-refractivity contribution < 1.29 is 14.3 Å². The molecule has 23 heavy (non-hydrogen) atoms. The highest BCUT2D eigenvalue weighted by Crippen LogP contribution is 2.25. The highest BCUT2D eigenvalue weighted by molar-refractivity contribution is 6.00. The Hall–Kier alpha value is -3.09. The van der Waals surface area contributed by atoms with E-state index in [9.17, 15) is 4.79 Å². The van der Waals surface area contributed by atoms with Crippen LogP contribution in [-0.2, 0) is 4.74 Å². The minimum absolute atomic E-state index is 0.308. The van der Waals surface area contributed by atoms with Crippen LogP contribution in [0.1, 0.15) is 17.3 Å². The third kappa shape index (κ3) is 2.94. The number of aromatic nitrogens is 3. The van der Waals surface area contributed by atoms with Gasteiger partial charge in [0.2, 0.25) is 0 Å². The lowest BCUT2D eigenvalue weighted by atomic mass is 10.2. The SMILES string of the molecule is CCOC(=O)c1ccn2ncnc(Nc3cccc(OC)c3)c12. The summed E-state index contributed by atoms with van der Waals surface area (Å²) >= 11 is 0. The molecule has 0 aliphatic heterocycles. The van der Waals surface area contributed by atoms with Gasteiger partial charge in [-0.3, -0.25) is 0 Å². The van der Waals surface area contributed by atoms with Gasteiger partial charge in [-0.05, 0) is 25.1 Å². The van der Waals surface area contributed by atoms with Gasteiger partial charge in [-0.25, -0.2) is 14.3 Å². The van der Waals surface area contributed by atoms with E-state index in [1.807, 2.05) is 24.3 Å². The van der Waals surface area contributed by atoms with E-state index in [2.05, 4.69) is 15.4 Å². The van der Waals surface area contributed by atoms with Crippen LogP contribution in [0.4, 0.5) is 11.5 Å². The molecule has 118 valence electrons. The van der Waals surface area contributed by atoms with Gasteiger partial charge < -0.3 is 14.8 Å². The van der Waals surface area contributed by atoms with Crippen LogP contribution in [0.25, 0.3) is 5.52 Å². The summed E-state index contributed by atoms with van der Waals surface area (Å²) in [5, 5.41) is 7.30. The molecular formula is C16H16N4O3. The molecule has 1 N–H and O–H groups in total. The maximum atomic E-state index is 12.1. The molecule has 0 bridgehead atoms. The Balaban J connectivity index is 2.03. The zero-order valence-corrected chi connectivity index (χ0v) is 12.8. The van der Waals surface area contributed by atoms with Gasteiger partial charge in [-0.15, -0.1) is 0 Å². The van der Waals surface area contributed by atoms with Crippen molar-refractivity contribution in [2.24, 2.45) is 0 Å². The second-order valence-electron chi connectivity index (χ2n) is 4.71. The van der Waals surface area contributed by atoms with E-state index >= 15 is 0 Å². The summed E-state index contributed by atoms with van der Waals surface area (Å²) in [6.45, 7) is 2.07. The molecule has 1 aromatic carbocycles. The molecule has 0 amide bonds. The molecule has 2 aromatic heterocycles. The van der Waals surface area contributed by atoms with Gasteiger partial charge in [0.25, 0.3) is 0 Å². The molecule has 0 saturated heterocycles. The monoisotopic (exact) mass is 312 g/mol. The molecule has 0 atom stereocenters. The second-order valence-corrected chi connectivity index (χ2v) is 4.71. The number of carbonyl (C=O) groups is 1. The van der Waals surface area contributed by atoms with Gasteiger partial charge in [-0.2, -0.15) is 5.10 Å². The van der Waals surface area contributed by atoms with Crippen molar-refractivity contribution in [2.45, 2.75) is 6.92 Å². The first kappa shape index (κ1) is 14.8. The maximum absolute atomic E-state index is 12.1. The molecule has 0 fully saturated rings. The first-order chi connectivity index (χ1) is 11.2. The van der Waals surface area contributed by atoms with Gasteiger partial charge in [0.05, 0.1) is 19.3 Å². The zero-order valence-electron chi connectivity index (χ0n) is 12.8.